The van der Waals surface area contributed by atoms with Crippen molar-refractivity contribution in [2.45, 2.75) is 12.5 Å². The van der Waals surface area contributed by atoms with Crippen LogP contribution in [-0.4, -0.2) is 75.5 Å². The first-order chi connectivity index (χ1) is 13.1. The van der Waals surface area contributed by atoms with Gasteiger partial charge in [-0.15, -0.1) is 0 Å². The minimum Gasteiger partial charge on any atom is -0.493 e. The molecule has 0 spiro atoms. The Morgan fingerprint density at radius 3 is 2.36 bits per heavy atom. The lowest BCUT2D eigenvalue weighted by molar-refractivity contribution is -0.385. The lowest BCUT2D eigenvalue weighted by Crippen LogP contribution is -2.40. The van der Waals surface area contributed by atoms with E-state index in [1.165, 1.54) is 26.2 Å². The van der Waals surface area contributed by atoms with Crippen LogP contribution in [0.2, 0.25) is 0 Å². The van der Waals surface area contributed by atoms with Crippen molar-refractivity contribution in [2.75, 3.05) is 39.4 Å². The van der Waals surface area contributed by atoms with Gasteiger partial charge < -0.3 is 19.1 Å². The number of hydrogen-bond acceptors (Lipinski definition) is 9. The summed E-state index contributed by atoms with van der Waals surface area (Å²) < 4.78 is 38.0. The second kappa shape index (κ2) is 8.42. The molecule has 12 heteroatoms. The van der Waals surface area contributed by atoms with Crippen LogP contribution >= 0.6 is 0 Å². The number of likely N-dealkylation sites (N-methyl/N-ethyl adjacent to an activating group) is 1. The van der Waals surface area contributed by atoms with Gasteiger partial charge in [0, 0.05) is 19.2 Å². The Kier molecular flexibility index (Phi) is 6.44. The lowest BCUT2D eigenvalue weighted by Gasteiger charge is -2.23. The number of methoxy groups -OCH3 is 2. The van der Waals surface area contributed by atoms with E-state index in [1.807, 2.05) is 0 Å². The number of carbonyl (C=O) groups is 2. The summed E-state index contributed by atoms with van der Waals surface area (Å²) in [6.07, 6.45) is 0.305. The summed E-state index contributed by atoms with van der Waals surface area (Å²) in [6, 6.07) is 1.62. The number of esters is 1. The summed E-state index contributed by atoms with van der Waals surface area (Å²) in [5.74, 6) is -1.72. The number of sulfone groups is 1. The van der Waals surface area contributed by atoms with Crippen molar-refractivity contribution in [1.29, 1.82) is 0 Å². The number of nitrogens with zero attached hydrogens (tertiary/aromatic N) is 2. The SMILES string of the molecule is COc1cc(C(=O)OCC(=O)N(C)C2CCS(=O)(=O)C2)c([N+](=O)[O-])cc1OC. The van der Waals surface area contributed by atoms with Gasteiger partial charge >= 0.3 is 5.97 Å². The standard InChI is InChI=1S/C16H20N2O9S/c1-17(10-4-5-28(23,24)9-10)15(19)8-27-16(20)11-6-13(25-2)14(26-3)7-12(11)18(21)22/h6-7,10H,4-5,8-9H2,1-3H3. The maximum absolute atomic E-state index is 12.3. The third-order valence-corrected chi connectivity index (χ3v) is 6.15. The fourth-order valence-corrected chi connectivity index (χ4v) is 4.55. The molecule has 1 heterocycles. The van der Waals surface area contributed by atoms with Gasteiger partial charge in [0.2, 0.25) is 0 Å². The molecular formula is C16H20N2O9S. The van der Waals surface area contributed by atoms with E-state index in [2.05, 4.69) is 0 Å². The van der Waals surface area contributed by atoms with Crippen LogP contribution in [-0.2, 0) is 19.4 Å². The third kappa shape index (κ3) is 4.68. The molecule has 1 fully saturated rings. The first-order valence-corrected chi connectivity index (χ1v) is 9.95. The van der Waals surface area contributed by atoms with Crippen molar-refractivity contribution in [3.63, 3.8) is 0 Å². The van der Waals surface area contributed by atoms with Crippen molar-refractivity contribution in [2.24, 2.45) is 0 Å². The van der Waals surface area contributed by atoms with E-state index < -0.39 is 50.5 Å². The molecule has 1 aliphatic heterocycles. The van der Waals surface area contributed by atoms with Gasteiger partial charge in [0.1, 0.15) is 5.56 Å². The van der Waals surface area contributed by atoms with Gasteiger partial charge in [0.05, 0.1) is 36.7 Å². The number of amides is 1. The Morgan fingerprint density at radius 1 is 1.25 bits per heavy atom. The zero-order chi connectivity index (χ0) is 21.1. The van der Waals surface area contributed by atoms with Crippen LogP contribution < -0.4 is 9.47 Å². The van der Waals surface area contributed by atoms with Gasteiger partial charge in [-0.3, -0.25) is 14.9 Å². The van der Waals surface area contributed by atoms with Gasteiger partial charge in [-0.05, 0) is 6.42 Å². The molecule has 1 aromatic carbocycles. The molecule has 1 amide bonds. The highest BCUT2D eigenvalue weighted by Gasteiger charge is 2.33. The molecule has 1 aromatic rings. The van der Waals surface area contributed by atoms with E-state index in [-0.39, 0.29) is 23.0 Å². The molecular weight excluding hydrogens is 396 g/mol. The van der Waals surface area contributed by atoms with Gasteiger partial charge in [0.25, 0.3) is 11.6 Å². The largest absolute Gasteiger partial charge is 0.493 e. The van der Waals surface area contributed by atoms with Crippen molar-refractivity contribution in [3.05, 3.63) is 27.8 Å². The number of carbonyl (C=O) groups excluding carboxylic acids is 2. The predicted octanol–water partition coefficient (Wildman–Crippen LogP) is 0.414. The van der Waals surface area contributed by atoms with Crippen molar-refractivity contribution in [1.82, 2.24) is 4.90 Å². The lowest BCUT2D eigenvalue weighted by atomic mass is 10.1. The van der Waals surface area contributed by atoms with Crippen LogP contribution in [0.4, 0.5) is 5.69 Å². The van der Waals surface area contributed by atoms with Crippen molar-refractivity contribution in [3.8, 4) is 11.5 Å². The minimum absolute atomic E-state index is 0.00703. The van der Waals surface area contributed by atoms with Gasteiger partial charge in [0.15, 0.2) is 27.9 Å². The Morgan fingerprint density at radius 2 is 1.86 bits per heavy atom. The molecule has 1 unspecified atom stereocenters. The van der Waals surface area contributed by atoms with E-state index in [4.69, 9.17) is 14.2 Å². The Labute approximate surface area is 161 Å². The molecule has 1 aliphatic rings. The zero-order valence-corrected chi connectivity index (χ0v) is 16.4. The maximum Gasteiger partial charge on any atom is 0.345 e. The first kappa shape index (κ1) is 21.4. The number of nitro benzene ring substituents is 1. The molecule has 1 saturated heterocycles. The van der Waals surface area contributed by atoms with Crippen LogP contribution in [0.3, 0.4) is 0 Å². The number of rotatable bonds is 7. The summed E-state index contributed by atoms with van der Waals surface area (Å²) in [7, 11) is 0.825. The highest BCUT2D eigenvalue weighted by molar-refractivity contribution is 7.91. The normalized spacial score (nSPS) is 17.6. The minimum atomic E-state index is -3.18. The molecule has 0 saturated carbocycles. The summed E-state index contributed by atoms with van der Waals surface area (Å²) in [6.45, 7) is -0.683. The molecule has 0 aliphatic carbocycles. The van der Waals surface area contributed by atoms with E-state index in [0.717, 1.165) is 12.1 Å². The zero-order valence-electron chi connectivity index (χ0n) is 15.5. The first-order valence-electron chi connectivity index (χ1n) is 8.13. The van der Waals surface area contributed by atoms with Gasteiger partial charge in [-0.2, -0.15) is 0 Å². The van der Waals surface area contributed by atoms with Crippen LogP contribution in [0.1, 0.15) is 16.8 Å². The molecule has 154 valence electrons. The highest BCUT2D eigenvalue weighted by Crippen LogP contribution is 2.34. The van der Waals surface area contributed by atoms with Crippen LogP contribution in [0, 0.1) is 10.1 Å². The average Bonchev–Trinajstić information content (AvgIpc) is 3.03. The third-order valence-electron chi connectivity index (χ3n) is 4.39. The molecule has 0 radical (unpaired) electrons. The topological polar surface area (TPSA) is 142 Å². The van der Waals surface area contributed by atoms with Crippen LogP contribution in [0.5, 0.6) is 11.5 Å². The van der Waals surface area contributed by atoms with E-state index in [9.17, 15) is 28.1 Å². The molecule has 2 rings (SSSR count). The summed E-state index contributed by atoms with van der Waals surface area (Å²) in [5, 5.41) is 11.2. The van der Waals surface area contributed by atoms with Crippen LogP contribution in [0.25, 0.3) is 0 Å². The molecule has 0 bridgehead atoms. The number of nitro groups is 1. The average molecular weight is 416 g/mol. The Bertz CT molecular complexity index is 898. The van der Waals surface area contributed by atoms with E-state index >= 15 is 0 Å². The monoisotopic (exact) mass is 416 g/mol. The number of hydrogen-bond donors (Lipinski definition) is 0. The highest BCUT2D eigenvalue weighted by atomic mass is 32.2. The van der Waals surface area contributed by atoms with Gasteiger partial charge in [-0.1, -0.05) is 0 Å². The van der Waals surface area contributed by atoms with Crippen molar-refractivity contribution < 1.29 is 37.1 Å². The fraction of sp³-hybridized carbons (Fsp3) is 0.500. The molecule has 0 aromatic heterocycles. The fourth-order valence-electron chi connectivity index (χ4n) is 2.77. The molecule has 1 atom stereocenters. The number of ether oxygens (including phenoxy) is 3. The number of benzene rings is 1. The maximum atomic E-state index is 12.3. The van der Waals surface area contributed by atoms with Crippen molar-refractivity contribution >= 4 is 27.4 Å². The summed E-state index contributed by atoms with van der Waals surface area (Å²) in [4.78, 5) is 36.2. The second-order valence-corrected chi connectivity index (χ2v) is 8.35. The Balaban J connectivity index is 2.12. The smallest absolute Gasteiger partial charge is 0.345 e. The van der Waals surface area contributed by atoms with Crippen LogP contribution in [0.15, 0.2) is 12.1 Å². The summed E-state index contributed by atoms with van der Waals surface area (Å²) in [5.41, 5.74) is -0.966. The van der Waals surface area contributed by atoms with E-state index in [0.29, 0.717) is 6.42 Å². The van der Waals surface area contributed by atoms with Gasteiger partial charge in [-0.25, -0.2) is 13.2 Å². The Hall–Kier alpha value is -2.89. The molecule has 11 nitrogen and oxygen atoms in total. The summed E-state index contributed by atoms with van der Waals surface area (Å²) >= 11 is 0. The second-order valence-electron chi connectivity index (χ2n) is 6.12. The molecule has 0 N–H and O–H groups in total. The predicted molar refractivity (Wildman–Crippen MR) is 96.3 cm³/mol. The van der Waals surface area contributed by atoms with E-state index in [1.54, 1.807) is 0 Å². The quantitative estimate of drug-likeness (QED) is 0.351. The molecule has 28 heavy (non-hydrogen) atoms.